The maximum absolute atomic E-state index is 12.7. The van der Waals surface area contributed by atoms with Crippen molar-refractivity contribution in [2.24, 2.45) is 0 Å². The number of amides is 1. The summed E-state index contributed by atoms with van der Waals surface area (Å²) < 4.78 is 25.4. The zero-order chi connectivity index (χ0) is 21.9. The minimum Gasteiger partial charge on any atom is -0.324 e. The average molecular weight is 422 g/mol. The molecule has 0 fully saturated rings. The largest absolute Gasteiger partial charge is 0.324 e. The van der Waals surface area contributed by atoms with E-state index in [2.05, 4.69) is 5.32 Å². The van der Waals surface area contributed by atoms with Crippen LogP contribution in [0.5, 0.6) is 0 Å². The highest BCUT2D eigenvalue weighted by Gasteiger charge is 2.30. The third kappa shape index (κ3) is 4.85. The van der Waals surface area contributed by atoms with E-state index in [1.54, 1.807) is 0 Å². The van der Waals surface area contributed by atoms with Gasteiger partial charge >= 0.3 is 0 Å². The fraction of sp³-hybridized carbons (Fsp3) is 0.235. The maximum atomic E-state index is 12.7. The van der Waals surface area contributed by atoms with Crippen LogP contribution in [0, 0.1) is 27.2 Å². The number of rotatable bonds is 7. The molecule has 29 heavy (non-hydrogen) atoms. The molecule has 1 amide bonds. The lowest BCUT2D eigenvalue weighted by Gasteiger charge is -2.28. The van der Waals surface area contributed by atoms with Crippen LogP contribution in [0.1, 0.15) is 12.5 Å². The van der Waals surface area contributed by atoms with Crippen LogP contribution in [-0.2, 0) is 14.8 Å². The van der Waals surface area contributed by atoms with Crippen LogP contribution in [-0.4, -0.2) is 36.5 Å². The van der Waals surface area contributed by atoms with E-state index in [9.17, 15) is 33.4 Å². The number of nitrogens with one attached hydrogen (secondary N) is 1. The van der Waals surface area contributed by atoms with Gasteiger partial charge in [0.15, 0.2) is 0 Å². The van der Waals surface area contributed by atoms with E-state index in [1.165, 1.54) is 50.2 Å². The van der Waals surface area contributed by atoms with E-state index in [0.717, 1.165) is 16.6 Å². The highest BCUT2D eigenvalue weighted by atomic mass is 32.2. The lowest BCUT2D eigenvalue weighted by atomic mass is 10.1. The van der Waals surface area contributed by atoms with Crippen molar-refractivity contribution in [3.63, 3.8) is 0 Å². The lowest BCUT2D eigenvalue weighted by Crippen LogP contribution is -2.45. The van der Waals surface area contributed by atoms with Gasteiger partial charge in [-0.15, -0.1) is 0 Å². The molecule has 0 aromatic heterocycles. The zero-order valence-corrected chi connectivity index (χ0v) is 16.5. The summed E-state index contributed by atoms with van der Waals surface area (Å²) in [6.45, 7) is 2.76. The van der Waals surface area contributed by atoms with Crippen LogP contribution < -0.4 is 9.62 Å². The molecule has 0 radical (unpaired) electrons. The number of benzene rings is 2. The van der Waals surface area contributed by atoms with E-state index >= 15 is 0 Å². The monoisotopic (exact) mass is 422 g/mol. The van der Waals surface area contributed by atoms with E-state index in [4.69, 9.17) is 0 Å². The summed E-state index contributed by atoms with van der Waals surface area (Å²) in [5, 5.41) is 24.5. The second kappa shape index (κ2) is 8.22. The topological polar surface area (TPSA) is 153 Å². The fourth-order valence-electron chi connectivity index (χ4n) is 2.75. The van der Waals surface area contributed by atoms with Gasteiger partial charge in [-0.25, -0.2) is 8.42 Å². The summed E-state index contributed by atoms with van der Waals surface area (Å²) in [7, 11) is -3.99. The molecule has 1 atom stereocenters. The number of non-ortho nitro benzene ring substituents is 1. The van der Waals surface area contributed by atoms with Crippen LogP contribution in [0.15, 0.2) is 42.5 Å². The molecule has 0 bridgehead atoms. The Morgan fingerprint density at radius 2 is 1.72 bits per heavy atom. The maximum Gasteiger partial charge on any atom is 0.274 e. The van der Waals surface area contributed by atoms with Crippen molar-refractivity contribution >= 4 is 38.7 Å². The first kappa shape index (κ1) is 21.8. The molecule has 2 aromatic carbocycles. The smallest absolute Gasteiger partial charge is 0.274 e. The minimum atomic E-state index is -3.99. The number of hydrogen-bond donors (Lipinski definition) is 1. The standard InChI is InChI=1S/C17H18N4O7S/c1-11-15(8-5-9-16(11)21(25)26)18-17(22)12(2)19(29(3,27)28)13-6-4-7-14(10-13)20(23)24/h4-10,12H,1-3H3,(H,18,22). The van der Waals surface area contributed by atoms with Crippen molar-refractivity contribution in [1.29, 1.82) is 0 Å². The molecule has 0 aliphatic carbocycles. The molecular formula is C17H18N4O7S. The number of nitro benzene ring substituents is 2. The van der Waals surface area contributed by atoms with Crippen molar-refractivity contribution in [2.45, 2.75) is 19.9 Å². The molecule has 2 aromatic rings. The SMILES string of the molecule is Cc1c(NC(=O)C(C)N(c2cccc([N+](=O)[O-])c2)S(C)(=O)=O)cccc1[N+](=O)[O-]. The van der Waals surface area contributed by atoms with Gasteiger partial charge in [0.05, 0.1) is 33.0 Å². The van der Waals surface area contributed by atoms with Gasteiger partial charge in [-0.1, -0.05) is 12.1 Å². The van der Waals surface area contributed by atoms with Crippen molar-refractivity contribution in [1.82, 2.24) is 0 Å². The minimum absolute atomic E-state index is 0.0554. The van der Waals surface area contributed by atoms with E-state index < -0.39 is 31.8 Å². The van der Waals surface area contributed by atoms with Gasteiger partial charge in [0.1, 0.15) is 6.04 Å². The Bertz CT molecular complexity index is 1080. The molecule has 11 nitrogen and oxygen atoms in total. The van der Waals surface area contributed by atoms with Crippen LogP contribution >= 0.6 is 0 Å². The predicted octanol–water partition coefficient (Wildman–Crippen LogP) is 2.60. The number of anilines is 2. The summed E-state index contributed by atoms with van der Waals surface area (Å²) >= 11 is 0. The second-order valence-corrected chi connectivity index (χ2v) is 8.07. The molecule has 0 spiro atoms. The molecule has 0 heterocycles. The Morgan fingerprint density at radius 3 is 2.28 bits per heavy atom. The molecule has 0 saturated carbocycles. The summed E-state index contributed by atoms with van der Waals surface area (Å²) in [6, 6.07) is 7.71. The normalized spacial score (nSPS) is 12.1. The quantitative estimate of drug-likeness (QED) is 0.531. The number of hydrogen-bond acceptors (Lipinski definition) is 7. The molecule has 1 unspecified atom stereocenters. The summed E-state index contributed by atoms with van der Waals surface area (Å²) in [6.07, 6.45) is 0.869. The molecular weight excluding hydrogens is 404 g/mol. The van der Waals surface area contributed by atoms with Crippen molar-refractivity contribution < 1.29 is 23.1 Å². The first-order valence-corrected chi connectivity index (χ1v) is 10.1. The number of carbonyl (C=O) groups is 1. The number of carbonyl (C=O) groups excluding carboxylic acids is 1. The van der Waals surface area contributed by atoms with Gasteiger partial charge in [0, 0.05) is 18.2 Å². The summed E-state index contributed by atoms with van der Waals surface area (Å²) in [5.41, 5.74) is -0.227. The van der Waals surface area contributed by atoms with Crippen LogP contribution in [0.3, 0.4) is 0 Å². The highest BCUT2D eigenvalue weighted by Crippen LogP contribution is 2.28. The Labute approximate surface area is 166 Å². The second-order valence-electron chi connectivity index (χ2n) is 6.21. The number of sulfonamides is 1. The Morgan fingerprint density at radius 1 is 1.10 bits per heavy atom. The highest BCUT2D eigenvalue weighted by molar-refractivity contribution is 7.92. The Balaban J connectivity index is 2.41. The van der Waals surface area contributed by atoms with Gasteiger partial charge < -0.3 is 5.32 Å². The lowest BCUT2D eigenvalue weighted by molar-refractivity contribution is -0.385. The zero-order valence-electron chi connectivity index (χ0n) is 15.7. The van der Waals surface area contributed by atoms with Crippen LogP contribution in [0.25, 0.3) is 0 Å². The molecule has 2 rings (SSSR count). The molecule has 12 heteroatoms. The number of nitro groups is 2. The first-order valence-electron chi connectivity index (χ1n) is 8.22. The number of nitrogens with zero attached hydrogens (tertiary/aromatic N) is 3. The van der Waals surface area contributed by atoms with Gasteiger partial charge in [0.25, 0.3) is 11.4 Å². The average Bonchev–Trinajstić information content (AvgIpc) is 2.62. The van der Waals surface area contributed by atoms with E-state index in [0.29, 0.717) is 0 Å². The molecule has 154 valence electrons. The van der Waals surface area contributed by atoms with Gasteiger partial charge in [0.2, 0.25) is 15.9 Å². The molecule has 0 aliphatic heterocycles. The van der Waals surface area contributed by atoms with Crippen molar-refractivity contribution in [2.75, 3.05) is 15.9 Å². The van der Waals surface area contributed by atoms with E-state index in [1.807, 2.05) is 0 Å². The third-order valence-electron chi connectivity index (χ3n) is 4.14. The third-order valence-corrected chi connectivity index (χ3v) is 5.38. The molecule has 0 saturated heterocycles. The van der Waals surface area contributed by atoms with Crippen molar-refractivity contribution in [3.8, 4) is 0 Å². The van der Waals surface area contributed by atoms with Gasteiger partial charge in [-0.3, -0.25) is 29.3 Å². The predicted molar refractivity (Wildman–Crippen MR) is 106 cm³/mol. The molecule has 1 N–H and O–H groups in total. The van der Waals surface area contributed by atoms with E-state index in [-0.39, 0.29) is 28.3 Å². The molecule has 0 aliphatic rings. The van der Waals surface area contributed by atoms with Gasteiger partial charge in [-0.05, 0) is 26.0 Å². The summed E-state index contributed by atoms with van der Waals surface area (Å²) in [5.74, 6) is -0.759. The Hall–Kier alpha value is -3.54. The van der Waals surface area contributed by atoms with Gasteiger partial charge in [-0.2, -0.15) is 0 Å². The first-order chi connectivity index (χ1) is 13.4. The fourth-order valence-corrected chi connectivity index (χ4v) is 3.91. The van der Waals surface area contributed by atoms with Crippen molar-refractivity contribution in [3.05, 3.63) is 68.3 Å². The Kier molecular flexibility index (Phi) is 6.17. The van der Waals surface area contributed by atoms with Crippen LogP contribution in [0.4, 0.5) is 22.7 Å². The summed E-state index contributed by atoms with van der Waals surface area (Å²) in [4.78, 5) is 33.5. The van der Waals surface area contributed by atoms with Crippen LogP contribution in [0.2, 0.25) is 0 Å².